The summed E-state index contributed by atoms with van der Waals surface area (Å²) in [7, 11) is 0. The fourth-order valence-corrected chi connectivity index (χ4v) is 3.54. The van der Waals surface area contributed by atoms with Gasteiger partial charge in [0.05, 0.1) is 11.0 Å². The molecular weight excluding hydrogens is 324 g/mol. The highest BCUT2D eigenvalue weighted by Crippen LogP contribution is 2.26. The highest BCUT2D eigenvalue weighted by atomic mass is 16.3. The summed E-state index contributed by atoms with van der Waals surface area (Å²) in [6.07, 6.45) is 1.03. The lowest BCUT2D eigenvalue weighted by Gasteiger charge is -2.29. The van der Waals surface area contributed by atoms with Crippen molar-refractivity contribution in [3.63, 3.8) is 0 Å². The van der Waals surface area contributed by atoms with E-state index in [1.807, 2.05) is 18.2 Å². The second-order valence-electron chi connectivity index (χ2n) is 6.61. The Kier molecular flexibility index (Phi) is 3.38. The molecule has 2 aromatic heterocycles. The molecule has 0 amide bonds. The average Bonchev–Trinajstić information content (AvgIpc) is 3.11. The van der Waals surface area contributed by atoms with Crippen molar-refractivity contribution >= 4 is 16.9 Å². The number of nitrogens with zero attached hydrogens (tertiary/aromatic N) is 3. The molecule has 0 fully saturated rings. The van der Waals surface area contributed by atoms with Gasteiger partial charge < -0.3 is 15.0 Å². The second-order valence-corrected chi connectivity index (χ2v) is 6.61. The zero-order chi connectivity index (χ0) is 17.5. The molecule has 2 N–H and O–H groups in total. The van der Waals surface area contributed by atoms with Crippen molar-refractivity contribution in [2.75, 3.05) is 11.4 Å². The van der Waals surface area contributed by atoms with E-state index in [1.54, 1.807) is 18.2 Å². The van der Waals surface area contributed by atoms with Crippen LogP contribution in [0.25, 0.3) is 22.6 Å². The Balaban J connectivity index is 1.49. The summed E-state index contributed by atoms with van der Waals surface area (Å²) in [6.45, 7) is 1.84. The number of aromatic hydroxyl groups is 1. The molecule has 1 aliphatic heterocycles. The van der Waals surface area contributed by atoms with Crippen LogP contribution in [0.5, 0.6) is 5.75 Å². The van der Waals surface area contributed by atoms with Crippen LogP contribution in [-0.2, 0) is 13.0 Å². The zero-order valence-electron chi connectivity index (χ0n) is 14.2. The number of phenolic OH excluding ortho intramolecular Hbond substituents is 1. The van der Waals surface area contributed by atoms with E-state index in [-0.39, 0.29) is 5.75 Å². The normalized spacial score (nSPS) is 13.8. The molecule has 26 heavy (non-hydrogen) atoms. The van der Waals surface area contributed by atoms with E-state index in [0.717, 1.165) is 42.1 Å². The molecule has 5 heteroatoms. The van der Waals surface area contributed by atoms with Crippen molar-refractivity contribution < 1.29 is 5.11 Å². The molecule has 0 bridgehead atoms. The first-order valence-electron chi connectivity index (χ1n) is 8.74. The molecule has 0 radical (unpaired) electrons. The number of H-pyrrole nitrogens is 1. The molecule has 5 rings (SSSR count). The van der Waals surface area contributed by atoms with Gasteiger partial charge in [-0.3, -0.25) is 0 Å². The zero-order valence-corrected chi connectivity index (χ0v) is 14.2. The van der Waals surface area contributed by atoms with Crippen molar-refractivity contribution in [2.24, 2.45) is 0 Å². The van der Waals surface area contributed by atoms with Gasteiger partial charge in [0, 0.05) is 19.2 Å². The molecule has 0 atom stereocenters. The van der Waals surface area contributed by atoms with Gasteiger partial charge in [0.15, 0.2) is 5.82 Å². The third kappa shape index (κ3) is 2.58. The Morgan fingerprint density at radius 3 is 2.73 bits per heavy atom. The first kappa shape index (κ1) is 15.0. The van der Waals surface area contributed by atoms with Crippen LogP contribution in [0.3, 0.4) is 0 Å². The van der Waals surface area contributed by atoms with Gasteiger partial charge in [0.2, 0.25) is 0 Å². The van der Waals surface area contributed by atoms with E-state index in [0.29, 0.717) is 5.82 Å². The van der Waals surface area contributed by atoms with Crippen molar-refractivity contribution in [3.8, 4) is 17.3 Å². The number of anilines is 1. The van der Waals surface area contributed by atoms with Gasteiger partial charge in [0.1, 0.15) is 17.3 Å². The summed E-state index contributed by atoms with van der Waals surface area (Å²) in [5.41, 5.74) is 5.22. The van der Waals surface area contributed by atoms with E-state index in [2.05, 4.69) is 39.1 Å². The standard InChI is InChI=1S/C21H18N4O/c26-16-8-9-17-19(12-16)24-21(23-17)18-6-3-7-20(22-18)25-11-10-14-4-1-2-5-15(14)13-25/h1-9,12,26H,10-11,13H2,(H,23,24). The molecule has 0 unspecified atom stereocenters. The minimum absolute atomic E-state index is 0.224. The molecule has 0 saturated heterocycles. The molecule has 2 aromatic carbocycles. The van der Waals surface area contributed by atoms with Crippen LogP contribution in [0.1, 0.15) is 11.1 Å². The quantitative estimate of drug-likeness (QED) is 0.580. The van der Waals surface area contributed by atoms with Crippen molar-refractivity contribution in [1.82, 2.24) is 15.0 Å². The Hall–Kier alpha value is -3.34. The van der Waals surface area contributed by atoms with Gasteiger partial charge in [-0.2, -0.15) is 0 Å². The van der Waals surface area contributed by atoms with Gasteiger partial charge in [-0.25, -0.2) is 9.97 Å². The van der Waals surface area contributed by atoms with Crippen LogP contribution in [0.15, 0.2) is 60.7 Å². The maximum atomic E-state index is 9.63. The van der Waals surface area contributed by atoms with E-state index in [4.69, 9.17) is 4.98 Å². The fraction of sp³-hybridized carbons (Fsp3) is 0.143. The maximum Gasteiger partial charge on any atom is 0.157 e. The minimum Gasteiger partial charge on any atom is -0.508 e. The topological polar surface area (TPSA) is 65.0 Å². The Bertz CT molecular complexity index is 1100. The lowest BCUT2D eigenvalue weighted by Crippen LogP contribution is -2.30. The molecular formula is C21H18N4O. The summed E-state index contributed by atoms with van der Waals surface area (Å²) in [5.74, 6) is 1.89. The number of aromatic amines is 1. The van der Waals surface area contributed by atoms with Gasteiger partial charge in [-0.15, -0.1) is 0 Å². The highest BCUT2D eigenvalue weighted by molar-refractivity contribution is 5.80. The van der Waals surface area contributed by atoms with Crippen LogP contribution < -0.4 is 4.90 Å². The highest BCUT2D eigenvalue weighted by Gasteiger charge is 2.18. The number of hydrogen-bond donors (Lipinski definition) is 2. The fourth-order valence-electron chi connectivity index (χ4n) is 3.54. The summed E-state index contributed by atoms with van der Waals surface area (Å²) in [5, 5.41) is 9.63. The maximum absolute atomic E-state index is 9.63. The molecule has 0 aliphatic carbocycles. The smallest absolute Gasteiger partial charge is 0.157 e. The number of imidazole rings is 1. The monoisotopic (exact) mass is 342 g/mol. The Morgan fingerprint density at radius 2 is 1.81 bits per heavy atom. The first-order valence-corrected chi connectivity index (χ1v) is 8.74. The number of fused-ring (bicyclic) bond motifs is 2. The van der Waals surface area contributed by atoms with E-state index >= 15 is 0 Å². The lowest BCUT2D eigenvalue weighted by atomic mass is 10.00. The first-order chi connectivity index (χ1) is 12.8. The van der Waals surface area contributed by atoms with Gasteiger partial charge in [-0.1, -0.05) is 30.3 Å². The van der Waals surface area contributed by atoms with Gasteiger partial charge in [-0.05, 0) is 41.8 Å². The third-order valence-corrected chi connectivity index (χ3v) is 4.90. The predicted octanol–water partition coefficient (Wildman–Crippen LogP) is 3.89. The lowest BCUT2D eigenvalue weighted by molar-refractivity contribution is 0.476. The number of rotatable bonds is 2. The Morgan fingerprint density at radius 1 is 0.923 bits per heavy atom. The van der Waals surface area contributed by atoms with Crippen LogP contribution >= 0.6 is 0 Å². The third-order valence-electron chi connectivity index (χ3n) is 4.90. The number of benzene rings is 2. The summed E-state index contributed by atoms with van der Waals surface area (Å²) < 4.78 is 0. The summed E-state index contributed by atoms with van der Waals surface area (Å²) >= 11 is 0. The molecule has 128 valence electrons. The SMILES string of the molecule is Oc1ccc2nc(-c3cccc(N4CCc5ccccc5C4)n3)[nH]c2c1. The van der Waals surface area contributed by atoms with Crippen LogP contribution in [0.4, 0.5) is 5.82 Å². The van der Waals surface area contributed by atoms with Crippen LogP contribution in [0.2, 0.25) is 0 Å². The molecule has 5 nitrogen and oxygen atoms in total. The second kappa shape index (κ2) is 5.88. The Labute approximate surface area is 151 Å². The number of phenols is 1. The van der Waals surface area contributed by atoms with Crippen LogP contribution in [-0.4, -0.2) is 26.6 Å². The van der Waals surface area contributed by atoms with Crippen molar-refractivity contribution in [3.05, 3.63) is 71.8 Å². The predicted molar refractivity (Wildman–Crippen MR) is 102 cm³/mol. The molecule has 3 heterocycles. The largest absolute Gasteiger partial charge is 0.508 e. The van der Waals surface area contributed by atoms with E-state index in [1.165, 1.54) is 11.1 Å². The van der Waals surface area contributed by atoms with Gasteiger partial charge >= 0.3 is 0 Å². The summed E-state index contributed by atoms with van der Waals surface area (Å²) in [4.78, 5) is 15.0. The van der Waals surface area contributed by atoms with Crippen LogP contribution in [0, 0.1) is 0 Å². The van der Waals surface area contributed by atoms with Crippen molar-refractivity contribution in [2.45, 2.75) is 13.0 Å². The number of aromatic nitrogens is 3. The van der Waals surface area contributed by atoms with Crippen molar-refractivity contribution in [1.29, 1.82) is 0 Å². The number of pyridine rings is 1. The molecule has 0 spiro atoms. The minimum atomic E-state index is 0.224. The van der Waals surface area contributed by atoms with E-state index in [9.17, 15) is 5.11 Å². The van der Waals surface area contributed by atoms with Gasteiger partial charge in [0.25, 0.3) is 0 Å². The average molecular weight is 342 g/mol. The molecule has 0 saturated carbocycles. The number of hydrogen-bond acceptors (Lipinski definition) is 4. The molecule has 1 aliphatic rings. The molecule has 4 aromatic rings. The van der Waals surface area contributed by atoms with E-state index < -0.39 is 0 Å². The number of nitrogens with one attached hydrogen (secondary N) is 1. The summed E-state index contributed by atoms with van der Waals surface area (Å²) in [6, 6.07) is 19.7.